The van der Waals surface area contributed by atoms with Crippen LogP contribution in [0.3, 0.4) is 0 Å². The number of hydrogen-bond donors (Lipinski definition) is 3. The first-order valence-corrected chi connectivity index (χ1v) is 11.4. The van der Waals surface area contributed by atoms with Gasteiger partial charge in [-0.2, -0.15) is 5.10 Å². The van der Waals surface area contributed by atoms with Gasteiger partial charge in [-0.05, 0) is 36.4 Å². The van der Waals surface area contributed by atoms with Crippen molar-refractivity contribution < 1.29 is 8.78 Å². The molecule has 10 heteroatoms. The van der Waals surface area contributed by atoms with Crippen molar-refractivity contribution in [1.29, 1.82) is 0 Å². The molecule has 36 heavy (non-hydrogen) atoms. The van der Waals surface area contributed by atoms with Crippen molar-refractivity contribution in [3.63, 3.8) is 0 Å². The number of hydrogen-bond acceptors (Lipinski definition) is 6. The number of H-pyrrole nitrogens is 2. The monoisotopic (exact) mass is 482 g/mol. The molecule has 0 spiro atoms. The minimum atomic E-state index is -0.536. The molecule has 0 saturated heterocycles. The van der Waals surface area contributed by atoms with E-state index in [1.54, 1.807) is 42.9 Å². The molecule has 0 unspecified atom stereocenters. The van der Waals surface area contributed by atoms with Crippen LogP contribution < -0.4 is 5.32 Å². The van der Waals surface area contributed by atoms with E-state index in [1.807, 2.05) is 13.0 Å². The van der Waals surface area contributed by atoms with Crippen LogP contribution in [0.15, 0.2) is 61.2 Å². The lowest BCUT2D eigenvalue weighted by Crippen LogP contribution is -2.11. The van der Waals surface area contributed by atoms with Crippen molar-refractivity contribution in [1.82, 2.24) is 40.4 Å². The maximum atomic E-state index is 15.9. The molecular weight excluding hydrogens is 462 g/mol. The lowest BCUT2D eigenvalue weighted by atomic mass is 10.1. The number of benzene rings is 1. The fraction of sp³-hybridized carbons (Fsp3) is 0.115. The lowest BCUT2D eigenvalue weighted by Gasteiger charge is -2.07. The van der Waals surface area contributed by atoms with E-state index in [4.69, 9.17) is 0 Å². The summed E-state index contributed by atoms with van der Waals surface area (Å²) in [6, 6.07) is 9.96. The summed E-state index contributed by atoms with van der Waals surface area (Å²) in [4.78, 5) is 20.7. The van der Waals surface area contributed by atoms with Crippen LogP contribution in [-0.4, -0.2) is 41.7 Å². The highest BCUT2D eigenvalue weighted by Gasteiger charge is 2.22. The Morgan fingerprint density at radius 3 is 2.69 bits per heavy atom. The third-order valence-corrected chi connectivity index (χ3v) is 5.95. The van der Waals surface area contributed by atoms with Gasteiger partial charge < -0.3 is 10.3 Å². The van der Waals surface area contributed by atoms with E-state index < -0.39 is 11.6 Å². The molecule has 0 amide bonds. The molecule has 0 aliphatic rings. The van der Waals surface area contributed by atoms with E-state index in [0.29, 0.717) is 51.4 Å². The Bertz CT molecular complexity index is 1720. The fourth-order valence-electron chi connectivity index (χ4n) is 4.23. The van der Waals surface area contributed by atoms with Gasteiger partial charge in [-0.15, -0.1) is 0 Å². The summed E-state index contributed by atoms with van der Waals surface area (Å²) in [6.45, 7) is 3.45. The highest BCUT2D eigenvalue weighted by atomic mass is 19.1. The van der Waals surface area contributed by atoms with Gasteiger partial charge in [0.05, 0.1) is 22.6 Å². The van der Waals surface area contributed by atoms with Gasteiger partial charge in [-0.3, -0.25) is 20.1 Å². The molecule has 8 nitrogen and oxygen atoms in total. The number of fused-ring (bicyclic) bond motifs is 2. The second-order valence-electron chi connectivity index (χ2n) is 8.26. The minimum absolute atomic E-state index is 0.167. The second-order valence-corrected chi connectivity index (χ2v) is 8.26. The number of pyridine rings is 3. The standard InChI is InChI=1S/C26H20F2N8/c1-2-29-10-14-9-15(12-30-11-14)22-21(28)20-19(13-32-22)35-36-25(20)26-33-18-7-8-31-23(24(18)34-26)16-5-3-4-6-17(16)27/h3-9,11-13,29H,2,10H2,1H3,(H,33,34)(H,35,36). The molecule has 6 rings (SSSR count). The molecule has 6 aromatic rings. The smallest absolute Gasteiger partial charge is 0.161 e. The number of halogens is 2. The Morgan fingerprint density at radius 1 is 0.944 bits per heavy atom. The van der Waals surface area contributed by atoms with E-state index >= 15 is 4.39 Å². The van der Waals surface area contributed by atoms with Gasteiger partial charge in [-0.25, -0.2) is 13.8 Å². The summed E-state index contributed by atoms with van der Waals surface area (Å²) in [5.74, 6) is -0.609. The molecule has 3 N–H and O–H groups in total. The summed E-state index contributed by atoms with van der Waals surface area (Å²) >= 11 is 0. The van der Waals surface area contributed by atoms with Gasteiger partial charge in [-0.1, -0.05) is 19.1 Å². The quantitative estimate of drug-likeness (QED) is 0.308. The SMILES string of the molecule is CCNCc1cncc(-c2ncc3[nH]nc(-c4nc5c(-c6ccccc6F)nccc5[nH]4)c3c2F)c1. The average molecular weight is 482 g/mol. The van der Waals surface area contributed by atoms with Crippen molar-refractivity contribution in [2.45, 2.75) is 13.5 Å². The van der Waals surface area contributed by atoms with Crippen LogP contribution in [0.25, 0.3) is 56.0 Å². The Morgan fingerprint density at radius 2 is 1.83 bits per heavy atom. The van der Waals surface area contributed by atoms with Gasteiger partial charge in [0.1, 0.15) is 28.4 Å². The fourth-order valence-corrected chi connectivity index (χ4v) is 4.23. The van der Waals surface area contributed by atoms with Crippen LogP contribution in [0.1, 0.15) is 12.5 Å². The third-order valence-electron chi connectivity index (χ3n) is 5.95. The van der Waals surface area contributed by atoms with Crippen LogP contribution >= 0.6 is 0 Å². The topological polar surface area (TPSA) is 108 Å². The molecule has 0 bridgehead atoms. The molecule has 0 fully saturated rings. The van der Waals surface area contributed by atoms with Gasteiger partial charge in [0, 0.05) is 36.3 Å². The molecule has 178 valence electrons. The molecular formula is C26H20F2N8. The number of imidazole rings is 1. The molecule has 0 aliphatic carbocycles. The Balaban J connectivity index is 1.48. The lowest BCUT2D eigenvalue weighted by molar-refractivity contribution is 0.631. The van der Waals surface area contributed by atoms with Crippen molar-refractivity contribution in [3.8, 4) is 34.0 Å². The number of nitrogens with zero attached hydrogens (tertiary/aromatic N) is 5. The zero-order chi connectivity index (χ0) is 24.6. The summed E-state index contributed by atoms with van der Waals surface area (Å²) in [7, 11) is 0. The first-order chi connectivity index (χ1) is 17.6. The van der Waals surface area contributed by atoms with E-state index in [9.17, 15) is 4.39 Å². The molecule has 0 aliphatic heterocycles. The normalized spacial score (nSPS) is 11.5. The predicted octanol–water partition coefficient (Wildman–Crippen LogP) is 5.01. The maximum absolute atomic E-state index is 15.9. The Labute approximate surface area is 203 Å². The number of aromatic amines is 2. The Hall–Kier alpha value is -4.57. The molecule has 5 heterocycles. The molecule has 1 aromatic carbocycles. The highest BCUT2D eigenvalue weighted by Crippen LogP contribution is 2.34. The van der Waals surface area contributed by atoms with Crippen LogP contribution in [0.5, 0.6) is 0 Å². The summed E-state index contributed by atoms with van der Waals surface area (Å²) in [5, 5.41) is 10.6. The van der Waals surface area contributed by atoms with Gasteiger partial charge >= 0.3 is 0 Å². The number of rotatable bonds is 6. The molecule has 0 radical (unpaired) electrons. The van der Waals surface area contributed by atoms with Crippen molar-refractivity contribution in [2.75, 3.05) is 6.54 Å². The zero-order valence-electron chi connectivity index (χ0n) is 19.2. The minimum Gasteiger partial charge on any atom is -0.336 e. The van der Waals surface area contributed by atoms with E-state index in [-0.39, 0.29) is 11.1 Å². The van der Waals surface area contributed by atoms with Crippen LogP contribution in [0, 0.1) is 11.6 Å². The average Bonchev–Trinajstić information content (AvgIpc) is 3.53. The largest absolute Gasteiger partial charge is 0.336 e. The van der Waals surface area contributed by atoms with Crippen molar-refractivity contribution in [3.05, 3.63) is 78.4 Å². The van der Waals surface area contributed by atoms with E-state index in [0.717, 1.165) is 12.1 Å². The van der Waals surface area contributed by atoms with E-state index in [1.165, 1.54) is 12.3 Å². The maximum Gasteiger partial charge on any atom is 0.161 e. The van der Waals surface area contributed by atoms with Crippen molar-refractivity contribution >= 4 is 21.9 Å². The number of aromatic nitrogens is 7. The Kier molecular flexibility index (Phi) is 5.42. The van der Waals surface area contributed by atoms with Gasteiger partial charge in [0.15, 0.2) is 11.6 Å². The molecule has 5 aromatic heterocycles. The van der Waals surface area contributed by atoms with Gasteiger partial charge in [0.2, 0.25) is 0 Å². The molecule has 0 saturated carbocycles. The van der Waals surface area contributed by atoms with Crippen LogP contribution in [-0.2, 0) is 6.54 Å². The third kappa shape index (κ3) is 3.68. The zero-order valence-corrected chi connectivity index (χ0v) is 19.2. The highest BCUT2D eigenvalue weighted by molar-refractivity contribution is 5.97. The summed E-state index contributed by atoms with van der Waals surface area (Å²) < 4.78 is 30.4. The summed E-state index contributed by atoms with van der Waals surface area (Å²) in [5.41, 5.74) is 4.18. The number of nitrogens with one attached hydrogen (secondary N) is 3. The van der Waals surface area contributed by atoms with Crippen LogP contribution in [0.4, 0.5) is 8.78 Å². The molecule has 0 atom stereocenters. The first-order valence-electron chi connectivity index (χ1n) is 11.4. The van der Waals surface area contributed by atoms with Crippen molar-refractivity contribution in [2.24, 2.45) is 0 Å². The van der Waals surface area contributed by atoms with Gasteiger partial charge in [0.25, 0.3) is 0 Å². The second kappa shape index (κ2) is 8.90. The predicted molar refractivity (Wildman–Crippen MR) is 133 cm³/mol. The first kappa shape index (κ1) is 21.9. The van der Waals surface area contributed by atoms with E-state index in [2.05, 4.69) is 40.4 Å². The van der Waals surface area contributed by atoms with Crippen LogP contribution in [0.2, 0.25) is 0 Å². The summed E-state index contributed by atoms with van der Waals surface area (Å²) in [6.07, 6.45) is 6.43.